The SMILES string of the molecule is CC(F)(F)F.Cc1ccc([N+](=O)[O-])c(N)c1. The molecule has 0 bridgehead atoms. The number of nitro groups is 1. The number of rotatable bonds is 1. The number of hydrogen-bond donors (Lipinski definition) is 1. The molecule has 0 fully saturated rings. The predicted octanol–water partition coefficient (Wildman–Crippen LogP) is 3.05. The molecule has 1 aromatic rings. The Morgan fingerprint density at radius 3 is 2.12 bits per heavy atom. The van der Waals surface area contributed by atoms with Crippen molar-refractivity contribution in [2.75, 3.05) is 5.73 Å². The first-order valence-electron chi connectivity index (χ1n) is 4.18. The van der Waals surface area contributed by atoms with Crippen LogP contribution in [-0.4, -0.2) is 11.1 Å². The highest BCUT2D eigenvalue weighted by molar-refractivity contribution is 5.58. The van der Waals surface area contributed by atoms with E-state index in [9.17, 15) is 23.3 Å². The molecule has 0 amide bonds. The third-order valence-electron chi connectivity index (χ3n) is 1.38. The van der Waals surface area contributed by atoms with Crippen LogP contribution in [0.2, 0.25) is 0 Å². The van der Waals surface area contributed by atoms with Crippen LogP contribution in [0, 0.1) is 17.0 Å². The van der Waals surface area contributed by atoms with Gasteiger partial charge in [0.05, 0.1) is 4.92 Å². The van der Waals surface area contributed by atoms with Gasteiger partial charge in [0.25, 0.3) is 5.69 Å². The van der Waals surface area contributed by atoms with Gasteiger partial charge < -0.3 is 5.73 Å². The van der Waals surface area contributed by atoms with Crippen molar-refractivity contribution >= 4 is 11.4 Å². The standard InChI is InChI=1S/C7H8N2O2.C2H3F3/c1-5-2-3-7(9(10)11)6(8)4-5;1-2(3,4)5/h2-4H,8H2,1H3;1H3. The van der Waals surface area contributed by atoms with Gasteiger partial charge in [-0.1, -0.05) is 6.07 Å². The van der Waals surface area contributed by atoms with Crippen LogP contribution in [0.25, 0.3) is 0 Å². The van der Waals surface area contributed by atoms with Gasteiger partial charge in [0, 0.05) is 13.0 Å². The molecule has 0 saturated carbocycles. The van der Waals surface area contributed by atoms with Gasteiger partial charge in [-0.15, -0.1) is 0 Å². The van der Waals surface area contributed by atoms with Gasteiger partial charge in [0.2, 0.25) is 0 Å². The van der Waals surface area contributed by atoms with Crippen LogP contribution in [0.1, 0.15) is 12.5 Å². The molecule has 2 N–H and O–H groups in total. The van der Waals surface area contributed by atoms with Crippen molar-refractivity contribution in [1.82, 2.24) is 0 Å². The monoisotopic (exact) mass is 236 g/mol. The van der Waals surface area contributed by atoms with Gasteiger partial charge >= 0.3 is 6.18 Å². The number of hydrogen-bond acceptors (Lipinski definition) is 3. The van der Waals surface area contributed by atoms with Crippen LogP contribution in [0.15, 0.2) is 18.2 Å². The molecule has 0 atom stereocenters. The molecule has 0 spiro atoms. The first-order valence-corrected chi connectivity index (χ1v) is 4.18. The van der Waals surface area contributed by atoms with E-state index >= 15 is 0 Å². The summed E-state index contributed by atoms with van der Waals surface area (Å²) in [6.45, 7) is 2.02. The van der Waals surface area contributed by atoms with Crippen LogP contribution in [-0.2, 0) is 0 Å². The second-order valence-electron chi connectivity index (χ2n) is 3.10. The summed E-state index contributed by atoms with van der Waals surface area (Å²) in [4.78, 5) is 9.77. The highest BCUT2D eigenvalue weighted by Gasteiger charge is 2.15. The van der Waals surface area contributed by atoms with E-state index in [2.05, 4.69) is 0 Å². The molecule has 0 aliphatic heterocycles. The summed E-state index contributed by atoms with van der Waals surface area (Å²) in [7, 11) is 0. The minimum absolute atomic E-state index is 0.0319. The number of anilines is 1. The van der Waals surface area contributed by atoms with E-state index in [1.165, 1.54) is 6.07 Å². The summed E-state index contributed by atoms with van der Waals surface area (Å²) >= 11 is 0. The molecule has 0 aliphatic carbocycles. The Morgan fingerprint density at radius 2 is 1.81 bits per heavy atom. The third-order valence-corrected chi connectivity index (χ3v) is 1.38. The second kappa shape index (κ2) is 5.34. The molecular formula is C9H11F3N2O2. The molecule has 0 aromatic heterocycles. The average Bonchev–Trinajstić information content (AvgIpc) is 1.99. The van der Waals surface area contributed by atoms with E-state index in [-0.39, 0.29) is 18.3 Å². The van der Waals surface area contributed by atoms with E-state index in [4.69, 9.17) is 5.73 Å². The molecule has 0 radical (unpaired) electrons. The fourth-order valence-corrected chi connectivity index (χ4v) is 0.840. The Balaban J connectivity index is 0.000000385. The van der Waals surface area contributed by atoms with Crippen LogP contribution < -0.4 is 5.73 Å². The van der Waals surface area contributed by atoms with Gasteiger partial charge in [-0.3, -0.25) is 10.1 Å². The smallest absolute Gasteiger partial charge is 0.386 e. The molecule has 90 valence electrons. The quantitative estimate of drug-likeness (QED) is 0.462. The summed E-state index contributed by atoms with van der Waals surface area (Å²) in [5.74, 6) is 0. The number of nitro benzene ring substituents is 1. The maximum absolute atomic E-state index is 10.4. The largest absolute Gasteiger partial charge is 0.393 e. The van der Waals surface area contributed by atoms with Crippen molar-refractivity contribution in [2.24, 2.45) is 0 Å². The zero-order chi connectivity index (χ0) is 12.9. The molecule has 0 saturated heterocycles. The Hall–Kier alpha value is -1.79. The topological polar surface area (TPSA) is 69.2 Å². The number of benzene rings is 1. The fourth-order valence-electron chi connectivity index (χ4n) is 0.840. The van der Waals surface area contributed by atoms with Gasteiger partial charge in [-0.05, 0) is 18.6 Å². The number of halogens is 3. The predicted molar refractivity (Wildman–Crippen MR) is 54.0 cm³/mol. The average molecular weight is 236 g/mol. The highest BCUT2D eigenvalue weighted by atomic mass is 19.4. The fraction of sp³-hybridized carbons (Fsp3) is 0.333. The Kier molecular flexibility index (Phi) is 4.74. The van der Waals surface area contributed by atoms with Crippen molar-refractivity contribution in [3.8, 4) is 0 Å². The molecular weight excluding hydrogens is 225 g/mol. The molecule has 1 aromatic carbocycles. The molecule has 0 unspecified atom stereocenters. The van der Waals surface area contributed by atoms with Gasteiger partial charge in [-0.25, -0.2) is 0 Å². The highest BCUT2D eigenvalue weighted by Crippen LogP contribution is 2.21. The summed E-state index contributed by atoms with van der Waals surface area (Å²) in [5, 5.41) is 10.3. The number of alkyl halides is 3. The summed E-state index contributed by atoms with van der Waals surface area (Å²) in [5.41, 5.74) is 6.49. The maximum atomic E-state index is 10.4. The third kappa shape index (κ3) is 6.63. The minimum atomic E-state index is -4.00. The molecule has 16 heavy (non-hydrogen) atoms. The van der Waals surface area contributed by atoms with Crippen LogP contribution in [0.5, 0.6) is 0 Å². The molecule has 0 heterocycles. The van der Waals surface area contributed by atoms with E-state index in [0.29, 0.717) is 0 Å². The molecule has 1 rings (SSSR count). The first kappa shape index (κ1) is 14.2. The number of nitrogens with zero attached hydrogens (tertiary/aromatic N) is 1. The summed E-state index contributed by atoms with van der Waals surface area (Å²) in [6, 6.07) is 4.65. The lowest BCUT2D eigenvalue weighted by Gasteiger charge is -1.96. The lowest BCUT2D eigenvalue weighted by Crippen LogP contribution is -1.95. The number of nitrogens with two attached hydrogens (primary N) is 1. The summed E-state index contributed by atoms with van der Waals surface area (Å²) in [6.07, 6.45) is -4.00. The van der Waals surface area contributed by atoms with E-state index in [1.807, 2.05) is 6.92 Å². The lowest BCUT2D eigenvalue weighted by molar-refractivity contribution is -0.383. The maximum Gasteiger partial charge on any atom is 0.386 e. The first-order chi connectivity index (χ1) is 7.11. The van der Waals surface area contributed by atoms with E-state index < -0.39 is 11.1 Å². The van der Waals surface area contributed by atoms with Crippen molar-refractivity contribution in [1.29, 1.82) is 0 Å². The minimum Gasteiger partial charge on any atom is -0.393 e. The Morgan fingerprint density at radius 1 is 1.38 bits per heavy atom. The summed E-state index contributed by atoms with van der Waals surface area (Å²) < 4.78 is 31.1. The van der Waals surface area contributed by atoms with Crippen molar-refractivity contribution in [3.63, 3.8) is 0 Å². The number of nitrogen functional groups attached to an aromatic ring is 1. The normalized spacial score (nSPS) is 10.3. The molecule has 7 heteroatoms. The number of aryl methyl sites for hydroxylation is 1. The van der Waals surface area contributed by atoms with Crippen molar-refractivity contribution in [3.05, 3.63) is 33.9 Å². The van der Waals surface area contributed by atoms with Gasteiger partial charge in [-0.2, -0.15) is 13.2 Å². The van der Waals surface area contributed by atoms with Crippen molar-refractivity contribution < 1.29 is 18.1 Å². The molecule has 0 aliphatic rings. The van der Waals surface area contributed by atoms with Crippen LogP contribution in [0.4, 0.5) is 24.5 Å². The lowest BCUT2D eigenvalue weighted by atomic mass is 10.2. The second-order valence-corrected chi connectivity index (χ2v) is 3.10. The zero-order valence-electron chi connectivity index (χ0n) is 8.71. The Bertz CT molecular complexity index is 372. The molecule has 4 nitrogen and oxygen atoms in total. The van der Waals surface area contributed by atoms with Crippen LogP contribution in [0.3, 0.4) is 0 Å². The van der Waals surface area contributed by atoms with E-state index in [0.717, 1.165) is 5.56 Å². The van der Waals surface area contributed by atoms with Crippen LogP contribution >= 0.6 is 0 Å². The van der Waals surface area contributed by atoms with E-state index in [1.54, 1.807) is 12.1 Å². The van der Waals surface area contributed by atoms with Crippen molar-refractivity contribution in [2.45, 2.75) is 20.0 Å². The van der Waals surface area contributed by atoms with Gasteiger partial charge in [0.1, 0.15) is 5.69 Å². The zero-order valence-corrected chi connectivity index (χ0v) is 8.71. The Labute approximate surface area is 90.0 Å². The van der Waals surface area contributed by atoms with Gasteiger partial charge in [0.15, 0.2) is 0 Å².